The molecule has 1 amide bonds. The first-order chi connectivity index (χ1) is 9.15. The van der Waals surface area contributed by atoms with E-state index < -0.39 is 0 Å². The molecule has 1 heterocycles. The summed E-state index contributed by atoms with van der Waals surface area (Å²) in [7, 11) is 0. The second-order valence-corrected chi connectivity index (χ2v) is 6.10. The van der Waals surface area contributed by atoms with Gasteiger partial charge in [0.05, 0.1) is 0 Å². The van der Waals surface area contributed by atoms with Gasteiger partial charge in [-0.1, -0.05) is 24.1 Å². The lowest BCUT2D eigenvalue weighted by Gasteiger charge is -2.29. The number of benzene rings is 1. The SMILES string of the molecule is Cc1cccc(C(=O)N2CC3CCCC(N)C3C2)c1. The minimum Gasteiger partial charge on any atom is -0.338 e. The highest BCUT2D eigenvalue weighted by Gasteiger charge is 2.40. The molecule has 3 heteroatoms. The van der Waals surface area contributed by atoms with Crippen LogP contribution in [-0.4, -0.2) is 29.9 Å². The second kappa shape index (κ2) is 4.97. The van der Waals surface area contributed by atoms with Gasteiger partial charge >= 0.3 is 0 Å². The number of aryl methyl sites for hydroxylation is 1. The Morgan fingerprint density at radius 3 is 2.89 bits per heavy atom. The largest absolute Gasteiger partial charge is 0.338 e. The van der Waals surface area contributed by atoms with Crippen molar-refractivity contribution in [3.63, 3.8) is 0 Å². The Morgan fingerprint density at radius 1 is 1.32 bits per heavy atom. The number of carbonyl (C=O) groups is 1. The van der Waals surface area contributed by atoms with Gasteiger partial charge in [-0.05, 0) is 43.7 Å². The van der Waals surface area contributed by atoms with Crippen LogP contribution in [0.15, 0.2) is 24.3 Å². The van der Waals surface area contributed by atoms with Crippen molar-refractivity contribution in [2.24, 2.45) is 17.6 Å². The monoisotopic (exact) mass is 258 g/mol. The molecule has 1 aliphatic carbocycles. The molecule has 2 fully saturated rings. The maximum absolute atomic E-state index is 12.5. The highest BCUT2D eigenvalue weighted by molar-refractivity contribution is 5.94. The van der Waals surface area contributed by atoms with Crippen molar-refractivity contribution in [2.75, 3.05) is 13.1 Å². The van der Waals surface area contributed by atoms with Gasteiger partial charge in [0.2, 0.25) is 0 Å². The topological polar surface area (TPSA) is 46.3 Å². The molecule has 0 spiro atoms. The Morgan fingerprint density at radius 2 is 2.16 bits per heavy atom. The molecule has 3 nitrogen and oxygen atoms in total. The molecule has 3 unspecified atom stereocenters. The van der Waals surface area contributed by atoms with Crippen molar-refractivity contribution in [3.8, 4) is 0 Å². The third-order valence-electron chi connectivity index (χ3n) is 4.71. The van der Waals surface area contributed by atoms with E-state index in [0.717, 1.165) is 30.6 Å². The second-order valence-electron chi connectivity index (χ2n) is 6.10. The van der Waals surface area contributed by atoms with Crippen LogP contribution in [0.3, 0.4) is 0 Å². The van der Waals surface area contributed by atoms with E-state index in [4.69, 9.17) is 5.73 Å². The van der Waals surface area contributed by atoms with E-state index in [1.165, 1.54) is 12.8 Å². The van der Waals surface area contributed by atoms with Crippen molar-refractivity contribution >= 4 is 5.91 Å². The van der Waals surface area contributed by atoms with E-state index in [-0.39, 0.29) is 11.9 Å². The molecule has 1 saturated heterocycles. The number of nitrogens with two attached hydrogens (primary N) is 1. The number of likely N-dealkylation sites (tertiary alicyclic amines) is 1. The van der Waals surface area contributed by atoms with Crippen LogP contribution in [0.1, 0.15) is 35.2 Å². The van der Waals surface area contributed by atoms with Crippen LogP contribution in [0, 0.1) is 18.8 Å². The van der Waals surface area contributed by atoms with Crippen LogP contribution in [0.2, 0.25) is 0 Å². The molecule has 0 radical (unpaired) electrons. The highest BCUT2D eigenvalue weighted by atomic mass is 16.2. The van der Waals surface area contributed by atoms with Gasteiger partial charge < -0.3 is 10.6 Å². The molecule has 2 aliphatic rings. The molecule has 0 aromatic heterocycles. The Kier molecular flexibility index (Phi) is 3.31. The van der Waals surface area contributed by atoms with Gasteiger partial charge in [-0.15, -0.1) is 0 Å². The maximum atomic E-state index is 12.5. The first-order valence-electron chi connectivity index (χ1n) is 7.26. The first kappa shape index (κ1) is 12.7. The van der Waals surface area contributed by atoms with Gasteiger partial charge in [-0.25, -0.2) is 0 Å². The summed E-state index contributed by atoms with van der Waals surface area (Å²) in [4.78, 5) is 14.5. The van der Waals surface area contributed by atoms with Gasteiger partial charge in [-0.2, -0.15) is 0 Å². The highest BCUT2D eigenvalue weighted by Crippen LogP contribution is 2.36. The summed E-state index contributed by atoms with van der Waals surface area (Å²) in [5.41, 5.74) is 8.16. The zero-order chi connectivity index (χ0) is 13.4. The molecule has 19 heavy (non-hydrogen) atoms. The molecule has 102 valence electrons. The number of carbonyl (C=O) groups excluding carboxylic acids is 1. The molecular formula is C16H22N2O. The smallest absolute Gasteiger partial charge is 0.253 e. The van der Waals surface area contributed by atoms with E-state index in [0.29, 0.717) is 11.8 Å². The predicted octanol–water partition coefficient (Wildman–Crippen LogP) is 2.19. The first-order valence-corrected chi connectivity index (χ1v) is 7.26. The molecular weight excluding hydrogens is 236 g/mol. The summed E-state index contributed by atoms with van der Waals surface area (Å²) < 4.78 is 0. The summed E-state index contributed by atoms with van der Waals surface area (Å²) in [5, 5.41) is 0. The standard InChI is InChI=1S/C16H22N2O/c1-11-4-2-5-12(8-11)16(19)18-9-13-6-3-7-15(17)14(13)10-18/h2,4-5,8,13-15H,3,6-7,9-10,17H2,1H3. The van der Waals surface area contributed by atoms with Crippen LogP contribution in [0.25, 0.3) is 0 Å². The van der Waals surface area contributed by atoms with Crippen molar-refractivity contribution in [1.29, 1.82) is 0 Å². The molecule has 1 aromatic carbocycles. The Bertz CT molecular complexity index is 485. The third-order valence-corrected chi connectivity index (χ3v) is 4.71. The Balaban J connectivity index is 1.75. The minimum absolute atomic E-state index is 0.172. The van der Waals surface area contributed by atoms with Gasteiger partial charge in [-0.3, -0.25) is 4.79 Å². The molecule has 1 saturated carbocycles. The summed E-state index contributed by atoms with van der Waals surface area (Å²) in [6.07, 6.45) is 3.57. The van der Waals surface area contributed by atoms with Crippen molar-refractivity contribution in [2.45, 2.75) is 32.2 Å². The molecule has 1 aliphatic heterocycles. The van der Waals surface area contributed by atoms with Crippen molar-refractivity contribution in [1.82, 2.24) is 4.90 Å². The molecule has 0 bridgehead atoms. The normalized spacial score (nSPS) is 30.2. The summed E-state index contributed by atoms with van der Waals surface area (Å²) in [5.74, 6) is 1.31. The number of nitrogens with zero attached hydrogens (tertiary/aromatic N) is 1. The lowest BCUT2D eigenvalue weighted by atomic mass is 9.78. The average molecular weight is 258 g/mol. The van der Waals surface area contributed by atoms with E-state index in [9.17, 15) is 4.79 Å². The number of hydrogen-bond acceptors (Lipinski definition) is 2. The van der Waals surface area contributed by atoms with Gasteiger partial charge in [0.25, 0.3) is 5.91 Å². The fourth-order valence-corrected chi connectivity index (χ4v) is 3.64. The van der Waals surface area contributed by atoms with Gasteiger partial charge in [0.15, 0.2) is 0 Å². The molecule has 1 aromatic rings. The zero-order valence-electron chi connectivity index (χ0n) is 11.5. The Hall–Kier alpha value is -1.35. The number of fused-ring (bicyclic) bond motifs is 1. The van der Waals surface area contributed by atoms with E-state index in [1.807, 2.05) is 36.1 Å². The van der Waals surface area contributed by atoms with Crippen LogP contribution in [0.5, 0.6) is 0 Å². The van der Waals surface area contributed by atoms with Crippen LogP contribution < -0.4 is 5.73 Å². The fourth-order valence-electron chi connectivity index (χ4n) is 3.64. The number of hydrogen-bond donors (Lipinski definition) is 1. The summed E-state index contributed by atoms with van der Waals surface area (Å²) in [6.45, 7) is 3.76. The van der Waals surface area contributed by atoms with E-state index in [2.05, 4.69) is 0 Å². The Labute approximate surface area is 114 Å². The minimum atomic E-state index is 0.172. The average Bonchev–Trinajstić information content (AvgIpc) is 2.83. The summed E-state index contributed by atoms with van der Waals surface area (Å²) in [6, 6.07) is 8.16. The van der Waals surface area contributed by atoms with Crippen LogP contribution >= 0.6 is 0 Å². The summed E-state index contributed by atoms with van der Waals surface area (Å²) >= 11 is 0. The van der Waals surface area contributed by atoms with E-state index >= 15 is 0 Å². The quantitative estimate of drug-likeness (QED) is 0.839. The van der Waals surface area contributed by atoms with Crippen molar-refractivity contribution < 1.29 is 4.79 Å². The molecule has 3 rings (SSSR count). The third kappa shape index (κ3) is 2.39. The fraction of sp³-hybridized carbons (Fsp3) is 0.562. The van der Waals surface area contributed by atoms with Crippen LogP contribution in [-0.2, 0) is 0 Å². The number of rotatable bonds is 1. The molecule has 2 N–H and O–H groups in total. The van der Waals surface area contributed by atoms with Gasteiger partial charge in [0.1, 0.15) is 0 Å². The lowest BCUT2D eigenvalue weighted by molar-refractivity contribution is 0.0783. The number of amides is 1. The lowest BCUT2D eigenvalue weighted by Crippen LogP contribution is -2.38. The van der Waals surface area contributed by atoms with E-state index in [1.54, 1.807) is 0 Å². The van der Waals surface area contributed by atoms with Crippen LogP contribution in [0.4, 0.5) is 0 Å². The zero-order valence-corrected chi connectivity index (χ0v) is 11.5. The predicted molar refractivity (Wildman–Crippen MR) is 75.9 cm³/mol. The van der Waals surface area contributed by atoms with Gasteiger partial charge in [0, 0.05) is 24.7 Å². The molecule has 3 atom stereocenters. The maximum Gasteiger partial charge on any atom is 0.253 e. The van der Waals surface area contributed by atoms with Crippen molar-refractivity contribution in [3.05, 3.63) is 35.4 Å².